The van der Waals surface area contributed by atoms with E-state index in [1.807, 2.05) is 42.5 Å². The monoisotopic (exact) mass is 611 g/mol. The van der Waals surface area contributed by atoms with E-state index in [2.05, 4.69) is 151 Å². The Hall–Kier alpha value is -5.30. The molecule has 0 saturated carbocycles. The van der Waals surface area contributed by atoms with Crippen LogP contribution >= 0.6 is 7.92 Å². The van der Waals surface area contributed by atoms with Crippen LogP contribution in [0.5, 0.6) is 0 Å². The number of rotatable bonds is 9. The van der Waals surface area contributed by atoms with Crippen molar-refractivity contribution >= 4 is 40.5 Å². The largest absolute Gasteiger partial charge is 0.344 e. The fourth-order valence-electron chi connectivity index (χ4n) is 6.41. The van der Waals surface area contributed by atoms with E-state index in [9.17, 15) is 4.79 Å². The molecule has 0 aliphatic rings. The van der Waals surface area contributed by atoms with Gasteiger partial charge < -0.3 is 5.32 Å². The maximum atomic E-state index is 14.7. The minimum Gasteiger partial charge on any atom is -0.344 e. The average molecular weight is 612 g/mol. The molecule has 222 valence electrons. The van der Waals surface area contributed by atoms with Crippen LogP contribution in [0.25, 0.3) is 10.8 Å². The van der Waals surface area contributed by atoms with Crippen molar-refractivity contribution in [3.63, 3.8) is 0 Å². The third-order valence-electron chi connectivity index (χ3n) is 8.51. The molecule has 0 aromatic heterocycles. The Morgan fingerprint density at radius 2 is 0.978 bits per heavy atom. The van der Waals surface area contributed by atoms with Crippen LogP contribution in [0.3, 0.4) is 0 Å². The van der Waals surface area contributed by atoms with Crippen LogP contribution in [0.2, 0.25) is 0 Å². The maximum Gasteiger partial charge on any atom is 0.252 e. The van der Waals surface area contributed by atoms with Gasteiger partial charge in [0.2, 0.25) is 0 Å². The summed E-state index contributed by atoms with van der Waals surface area (Å²) in [6, 6.07) is 64.8. The highest BCUT2D eigenvalue weighted by Crippen LogP contribution is 2.41. The zero-order valence-electron chi connectivity index (χ0n) is 25.4. The molecular weight excluding hydrogens is 577 g/mol. The number of benzene rings is 7. The van der Waals surface area contributed by atoms with Gasteiger partial charge in [-0.3, -0.25) is 4.79 Å². The van der Waals surface area contributed by atoms with Crippen LogP contribution < -0.4 is 21.2 Å². The Labute approximate surface area is 272 Å². The Morgan fingerprint density at radius 3 is 1.63 bits per heavy atom. The Bertz CT molecular complexity index is 2000. The Balaban J connectivity index is 1.37. The van der Waals surface area contributed by atoms with E-state index in [0.717, 1.165) is 16.4 Å². The molecule has 2 nitrogen and oxygen atoms in total. The van der Waals surface area contributed by atoms with E-state index in [1.165, 1.54) is 26.9 Å². The van der Waals surface area contributed by atoms with E-state index >= 15 is 0 Å². The molecule has 1 N–H and O–H groups in total. The number of amides is 1. The third kappa shape index (κ3) is 6.13. The highest BCUT2D eigenvalue weighted by Gasteiger charge is 2.31. The van der Waals surface area contributed by atoms with Crippen molar-refractivity contribution in [2.45, 2.75) is 12.0 Å². The van der Waals surface area contributed by atoms with Crippen molar-refractivity contribution < 1.29 is 4.79 Å². The van der Waals surface area contributed by atoms with Gasteiger partial charge >= 0.3 is 0 Å². The second-order valence-corrected chi connectivity index (χ2v) is 13.5. The number of carbonyl (C=O) groups excluding carboxylic acids is 1. The molecule has 3 heteroatoms. The molecule has 0 aliphatic carbocycles. The van der Waals surface area contributed by atoms with Crippen molar-refractivity contribution in [2.75, 3.05) is 0 Å². The fraction of sp³-hybridized carbons (Fsp3) is 0.0465. The lowest BCUT2D eigenvalue weighted by molar-refractivity contribution is 0.0934. The number of carbonyl (C=O) groups is 1. The number of hydrogen-bond donors (Lipinski definition) is 1. The normalized spacial score (nSPS) is 12.5. The smallest absolute Gasteiger partial charge is 0.252 e. The summed E-state index contributed by atoms with van der Waals surface area (Å²) < 4.78 is 0. The molecule has 2 unspecified atom stereocenters. The predicted molar refractivity (Wildman–Crippen MR) is 194 cm³/mol. The van der Waals surface area contributed by atoms with Crippen LogP contribution in [-0.2, 0) is 0 Å². The van der Waals surface area contributed by atoms with Gasteiger partial charge in [0.05, 0.1) is 6.04 Å². The van der Waals surface area contributed by atoms with Crippen molar-refractivity contribution in [2.24, 2.45) is 0 Å². The summed E-state index contributed by atoms with van der Waals surface area (Å²) in [6.07, 6.45) is 0. The lowest BCUT2D eigenvalue weighted by Crippen LogP contribution is -2.36. The number of fused-ring (bicyclic) bond motifs is 1. The van der Waals surface area contributed by atoms with Crippen LogP contribution in [0, 0.1) is 0 Å². The van der Waals surface area contributed by atoms with Crippen molar-refractivity contribution in [3.05, 3.63) is 210 Å². The predicted octanol–water partition coefficient (Wildman–Crippen LogP) is 8.90. The molecule has 0 aliphatic heterocycles. The molecule has 7 aromatic carbocycles. The van der Waals surface area contributed by atoms with E-state index in [4.69, 9.17) is 0 Å². The molecule has 2 atom stereocenters. The van der Waals surface area contributed by atoms with E-state index in [1.54, 1.807) is 0 Å². The van der Waals surface area contributed by atoms with Gasteiger partial charge in [-0.2, -0.15) is 0 Å². The zero-order chi connectivity index (χ0) is 31.1. The molecule has 0 bridgehead atoms. The van der Waals surface area contributed by atoms with Gasteiger partial charge in [0, 0.05) is 11.5 Å². The first-order valence-corrected chi connectivity index (χ1v) is 17.0. The van der Waals surface area contributed by atoms with Gasteiger partial charge in [0.25, 0.3) is 5.91 Å². The summed E-state index contributed by atoms with van der Waals surface area (Å²) in [6.45, 7) is 0. The molecule has 46 heavy (non-hydrogen) atoms. The minimum absolute atomic E-state index is 0.0787. The lowest BCUT2D eigenvalue weighted by Gasteiger charge is -2.31. The third-order valence-corrected chi connectivity index (χ3v) is 11.0. The molecular formula is C43H34NOP. The van der Waals surface area contributed by atoms with Crippen molar-refractivity contribution in [1.82, 2.24) is 5.32 Å². The highest BCUT2D eigenvalue weighted by atomic mass is 31.1. The van der Waals surface area contributed by atoms with E-state index < -0.39 is 7.92 Å². The lowest BCUT2D eigenvalue weighted by atomic mass is 9.80. The maximum absolute atomic E-state index is 14.7. The molecule has 7 rings (SSSR count). The molecule has 7 aromatic rings. The zero-order valence-corrected chi connectivity index (χ0v) is 26.3. The number of hydrogen-bond acceptors (Lipinski definition) is 1. The topological polar surface area (TPSA) is 29.1 Å². The van der Waals surface area contributed by atoms with Crippen LogP contribution in [0.1, 0.15) is 39.0 Å². The van der Waals surface area contributed by atoms with Crippen LogP contribution in [-0.4, -0.2) is 5.91 Å². The second kappa shape index (κ2) is 13.8. The van der Waals surface area contributed by atoms with Crippen LogP contribution in [0.15, 0.2) is 188 Å². The molecule has 0 spiro atoms. The van der Waals surface area contributed by atoms with Crippen molar-refractivity contribution in [1.29, 1.82) is 0 Å². The van der Waals surface area contributed by atoms with Gasteiger partial charge in [0.15, 0.2) is 0 Å². The van der Waals surface area contributed by atoms with E-state index in [-0.39, 0.29) is 17.9 Å². The summed E-state index contributed by atoms with van der Waals surface area (Å²) in [7, 11) is -0.966. The standard InChI is InChI=1S/C43H34NOP/c45-43(39-29-15-16-31-40(39)46(35-24-9-3-10-25-35)36-26-11-4-12-27-36)44-42(34-21-7-2-8-22-34)41(33-19-5-1-6-20-33)38-30-17-23-32-18-13-14-28-37(32)38/h1-31,41-42H,(H,44,45). The summed E-state index contributed by atoms with van der Waals surface area (Å²) in [5.74, 6) is -0.208. The number of nitrogens with one attached hydrogen (secondary N) is 1. The molecule has 0 heterocycles. The molecule has 0 fully saturated rings. The summed E-state index contributed by atoms with van der Waals surface area (Å²) >= 11 is 0. The second-order valence-electron chi connectivity index (χ2n) is 11.3. The van der Waals surface area contributed by atoms with Gasteiger partial charge in [-0.1, -0.05) is 182 Å². The molecule has 0 radical (unpaired) electrons. The van der Waals surface area contributed by atoms with Crippen LogP contribution in [0.4, 0.5) is 0 Å². The minimum atomic E-state index is -0.966. The first kappa shape index (κ1) is 29.4. The van der Waals surface area contributed by atoms with Gasteiger partial charge in [0.1, 0.15) is 0 Å². The summed E-state index contributed by atoms with van der Waals surface area (Å²) in [5, 5.41) is 9.41. The first-order valence-electron chi connectivity index (χ1n) is 15.7. The van der Waals surface area contributed by atoms with Gasteiger partial charge in [-0.05, 0) is 57.4 Å². The SMILES string of the molecule is O=C(NC(c1ccccc1)C(c1ccccc1)c1cccc2ccccc12)c1ccccc1P(c1ccccc1)c1ccccc1. The fourth-order valence-corrected chi connectivity index (χ4v) is 8.86. The van der Waals surface area contributed by atoms with Gasteiger partial charge in [-0.25, -0.2) is 0 Å². The Morgan fingerprint density at radius 1 is 0.478 bits per heavy atom. The molecule has 0 saturated heterocycles. The quantitative estimate of drug-likeness (QED) is 0.162. The first-order chi connectivity index (χ1) is 22.8. The highest BCUT2D eigenvalue weighted by molar-refractivity contribution is 7.80. The Kier molecular flexibility index (Phi) is 8.81. The summed E-state index contributed by atoms with van der Waals surface area (Å²) in [4.78, 5) is 14.7. The van der Waals surface area contributed by atoms with Gasteiger partial charge in [-0.15, -0.1) is 0 Å². The van der Waals surface area contributed by atoms with Crippen molar-refractivity contribution in [3.8, 4) is 0 Å². The average Bonchev–Trinajstić information content (AvgIpc) is 3.13. The van der Waals surface area contributed by atoms with E-state index in [0.29, 0.717) is 5.56 Å². The molecule has 1 amide bonds. The summed E-state index contributed by atoms with van der Waals surface area (Å²) in [5.41, 5.74) is 4.09.